The number of hydrogen-bond acceptors (Lipinski definition) is 5. The van der Waals surface area contributed by atoms with E-state index in [2.05, 4.69) is 16.2 Å². The van der Waals surface area contributed by atoms with Gasteiger partial charge in [-0.25, -0.2) is 9.78 Å². The summed E-state index contributed by atoms with van der Waals surface area (Å²) >= 11 is 1.10. The Hall–Kier alpha value is -1.87. The maximum absolute atomic E-state index is 11.7. The molecule has 0 atom stereocenters. The van der Waals surface area contributed by atoms with Crippen molar-refractivity contribution in [3.05, 3.63) is 16.1 Å². The van der Waals surface area contributed by atoms with Crippen LogP contribution in [0.5, 0.6) is 0 Å². The minimum atomic E-state index is -0.499. The first kappa shape index (κ1) is 15.2. The first-order chi connectivity index (χ1) is 9.19. The van der Waals surface area contributed by atoms with Crippen LogP contribution in [-0.2, 0) is 4.74 Å². The largest absolute Gasteiger partial charge is 0.461 e. The molecule has 1 aromatic heterocycles. The molecule has 0 aliphatic heterocycles. The molecule has 0 fully saturated rings. The highest BCUT2D eigenvalue weighted by Gasteiger charge is 2.15. The molecule has 0 saturated heterocycles. The number of terminal acetylenes is 1. The van der Waals surface area contributed by atoms with Crippen LogP contribution in [0.2, 0.25) is 0 Å². The topological polar surface area (TPSA) is 68.3 Å². The molecule has 1 aromatic rings. The fourth-order valence-electron chi connectivity index (χ4n) is 1.31. The molecular weight excluding hydrogens is 264 g/mol. The third-order valence-electron chi connectivity index (χ3n) is 2.22. The van der Waals surface area contributed by atoms with E-state index >= 15 is 0 Å². The molecule has 1 heterocycles. The third kappa shape index (κ3) is 5.10. The number of hydrogen-bond donors (Lipinski definition) is 1. The highest BCUT2D eigenvalue weighted by Crippen LogP contribution is 2.11. The predicted octanol–water partition coefficient (Wildman–Crippen LogP) is 1.85. The average molecular weight is 280 g/mol. The Balaban J connectivity index is 2.41. The van der Waals surface area contributed by atoms with Gasteiger partial charge in [0.2, 0.25) is 5.01 Å². The van der Waals surface area contributed by atoms with Crippen molar-refractivity contribution in [3.63, 3.8) is 0 Å². The number of esters is 1. The average Bonchev–Trinajstić information content (AvgIpc) is 2.88. The monoisotopic (exact) mass is 280 g/mol. The number of rotatable bonds is 7. The molecule has 1 amide bonds. The minimum absolute atomic E-state index is 0.194. The van der Waals surface area contributed by atoms with E-state index < -0.39 is 5.97 Å². The van der Waals surface area contributed by atoms with Gasteiger partial charge in [0.1, 0.15) is 5.69 Å². The second kappa shape index (κ2) is 8.27. The van der Waals surface area contributed by atoms with Crippen molar-refractivity contribution in [3.8, 4) is 12.3 Å². The Labute approximate surface area is 116 Å². The number of thiazole rings is 1. The highest BCUT2D eigenvalue weighted by molar-refractivity contribution is 7.11. The van der Waals surface area contributed by atoms with Gasteiger partial charge in [0, 0.05) is 18.3 Å². The summed E-state index contributed by atoms with van der Waals surface area (Å²) in [5.41, 5.74) is 0.241. The van der Waals surface area contributed by atoms with Gasteiger partial charge < -0.3 is 10.1 Å². The summed E-state index contributed by atoms with van der Waals surface area (Å²) in [7, 11) is 0. The van der Waals surface area contributed by atoms with Crippen LogP contribution in [0.25, 0.3) is 0 Å². The number of carbonyl (C=O) groups excluding carboxylic acids is 2. The molecule has 102 valence electrons. The first-order valence-electron chi connectivity index (χ1n) is 6.03. The van der Waals surface area contributed by atoms with Crippen LogP contribution in [0.1, 0.15) is 46.5 Å². The van der Waals surface area contributed by atoms with Crippen molar-refractivity contribution in [2.75, 3.05) is 13.2 Å². The molecule has 0 radical (unpaired) electrons. The number of nitrogens with zero attached hydrogens (tertiary/aromatic N) is 1. The van der Waals surface area contributed by atoms with Gasteiger partial charge in [0.15, 0.2) is 0 Å². The SMILES string of the molecule is C#CCCCCNC(=O)c1csc(C(=O)OCC)n1. The second-order valence-electron chi connectivity index (χ2n) is 3.68. The summed E-state index contributed by atoms with van der Waals surface area (Å²) in [5.74, 6) is 1.76. The van der Waals surface area contributed by atoms with Crippen LogP contribution >= 0.6 is 11.3 Å². The Morgan fingerprint density at radius 3 is 3.00 bits per heavy atom. The van der Waals surface area contributed by atoms with Crippen molar-refractivity contribution < 1.29 is 14.3 Å². The lowest BCUT2D eigenvalue weighted by Gasteiger charge is -2.01. The van der Waals surface area contributed by atoms with E-state index in [4.69, 9.17) is 11.2 Å². The van der Waals surface area contributed by atoms with Crippen LogP contribution < -0.4 is 5.32 Å². The van der Waals surface area contributed by atoms with E-state index in [-0.39, 0.29) is 23.2 Å². The standard InChI is InChI=1S/C13H16N2O3S/c1-3-5-6-7-8-14-11(16)10-9-19-12(15-10)13(17)18-4-2/h1,9H,4-8H2,2H3,(H,14,16). The predicted molar refractivity (Wildman–Crippen MR) is 73.1 cm³/mol. The van der Waals surface area contributed by atoms with Crippen LogP contribution in [-0.4, -0.2) is 30.0 Å². The first-order valence-corrected chi connectivity index (χ1v) is 6.91. The van der Waals surface area contributed by atoms with E-state index in [1.165, 1.54) is 0 Å². The van der Waals surface area contributed by atoms with E-state index in [1.54, 1.807) is 12.3 Å². The number of amides is 1. The summed E-state index contributed by atoms with van der Waals surface area (Å²) in [4.78, 5) is 27.0. The minimum Gasteiger partial charge on any atom is -0.461 e. The van der Waals surface area contributed by atoms with E-state index in [9.17, 15) is 9.59 Å². The van der Waals surface area contributed by atoms with Crippen molar-refractivity contribution >= 4 is 23.2 Å². The molecule has 0 bridgehead atoms. The number of ether oxygens (including phenoxy) is 1. The van der Waals surface area contributed by atoms with Crippen molar-refractivity contribution in [2.24, 2.45) is 0 Å². The third-order valence-corrected chi connectivity index (χ3v) is 3.04. The molecular formula is C13H16N2O3S. The molecule has 1 N–H and O–H groups in total. The van der Waals surface area contributed by atoms with Crippen LogP contribution in [0.15, 0.2) is 5.38 Å². The van der Waals surface area contributed by atoms with Gasteiger partial charge in [-0.1, -0.05) is 0 Å². The molecule has 1 rings (SSSR count). The molecule has 0 spiro atoms. The van der Waals surface area contributed by atoms with Crippen LogP contribution in [0, 0.1) is 12.3 Å². The normalized spacial score (nSPS) is 9.68. The molecule has 0 unspecified atom stereocenters. The fourth-order valence-corrected chi connectivity index (χ4v) is 2.00. The number of aromatic nitrogens is 1. The lowest BCUT2D eigenvalue weighted by molar-refractivity contribution is 0.0526. The van der Waals surface area contributed by atoms with Gasteiger partial charge in [-0.3, -0.25) is 4.79 Å². The summed E-state index contributed by atoms with van der Waals surface area (Å²) in [6.45, 7) is 2.55. The number of nitrogens with one attached hydrogen (secondary N) is 1. The number of unbranched alkanes of at least 4 members (excludes halogenated alkanes) is 2. The van der Waals surface area contributed by atoms with Crippen molar-refractivity contribution in [2.45, 2.75) is 26.2 Å². The smallest absolute Gasteiger partial charge is 0.367 e. The molecule has 6 heteroatoms. The van der Waals surface area contributed by atoms with Gasteiger partial charge in [0.05, 0.1) is 6.61 Å². The molecule has 0 saturated carbocycles. The summed E-state index contributed by atoms with van der Waals surface area (Å²) in [5, 5.41) is 4.47. The highest BCUT2D eigenvalue weighted by atomic mass is 32.1. The number of carbonyl (C=O) groups is 2. The maximum atomic E-state index is 11.7. The molecule has 0 aromatic carbocycles. The Morgan fingerprint density at radius 2 is 2.32 bits per heavy atom. The molecule has 0 aliphatic carbocycles. The van der Waals surface area contributed by atoms with Gasteiger partial charge in [-0.05, 0) is 19.8 Å². The molecule has 19 heavy (non-hydrogen) atoms. The zero-order chi connectivity index (χ0) is 14.1. The van der Waals surface area contributed by atoms with Crippen molar-refractivity contribution in [1.82, 2.24) is 10.3 Å². The zero-order valence-electron chi connectivity index (χ0n) is 10.8. The fraction of sp³-hybridized carbons (Fsp3) is 0.462. The van der Waals surface area contributed by atoms with Gasteiger partial charge in [-0.15, -0.1) is 23.7 Å². The van der Waals surface area contributed by atoms with Gasteiger partial charge >= 0.3 is 5.97 Å². The molecule has 0 aliphatic rings. The van der Waals surface area contributed by atoms with E-state index in [0.717, 1.165) is 24.2 Å². The van der Waals surface area contributed by atoms with Gasteiger partial charge in [-0.2, -0.15) is 0 Å². The zero-order valence-corrected chi connectivity index (χ0v) is 11.6. The van der Waals surface area contributed by atoms with Gasteiger partial charge in [0.25, 0.3) is 5.91 Å². The summed E-state index contributed by atoms with van der Waals surface area (Å²) in [6.07, 6.45) is 7.54. The second-order valence-corrected chi connectivity index (χ2v) is 4.53. The summed E-state index contributed by atoms with van der Waals surface area (Å²) in [6, 6.07) is 0. The Kier molecular flexibility index (Phi) is 6.61. The lowest BCUT2D eigenvalue weighted by atomic mass is 10.2. The summed E-state index contributed by atoms with van der Waals surface area (Å²) < 4.78 is 4.80. The Bertz CT molecular complexity index is 476. The van der Waals surface area contributed by atoms with E-state index in [0.29, 0.717) is 13.0 Å². The van der Waals surface area contributed by atoms with Crippen molar-refractivity contribution in [1.29, 1.82) is 0 Å². The lowest BCUT2D eigenvalue weighted by Crippen LogP contribution is -2.24. The quantitative estimate of drug-likeness (QED) is 0.470. The Morgan fingerprint density at radius 1 is 1.53 bits per heavy atom. The van der Waals surface area contributed by atoms with Crippen LogP contribution in [0.4, 0.5) is 0 Å². The maximum Gasteiger partial charge on any atom is 0.367 e. The van der Waals surface area contributed by atoms with Crippen LogP contribution in [0.3, 0.4) is 0 Å². The van der Waals surface area contributed by atoms with E-state index in [1.807, 2.05) is 0 Å². The molecule has 5 nitrogen and oxygen atoms in total.